The summed E-state index contributed by atoms with van der Waals surface area (Å²) < 4.78 is 6.16. The Labute approximate surface area is 133 Å². The molecular weight excluding hydrogens is 272 g/mol. The minimum atomic E-state index is 0.240. The molecule has 2 aromatic carbocycles. The number of carbonyl (C=O) groups excluding carboxylic acids is 1. The Morgan fingerprint density at radius 3 is 2.18 bits per heavy atom. The van der Waals surface area contributed by atoms with Crippen LogP contribution in [0.15, 0.2) is 42.5 Å². The van der Waals surface area contributed by atoms with Gasteiger partial charge < -0.3 is 4.74 Å². The van der Waals surface area contributed by atoms with E-state index in [0.29, 0.717) is 12.5 Å². The van der Waals surface area contributed by atoms with Crippen molar-refractivity contribution >= 4 is 6.29 Å². The number of carbonyl (C=O) groups is 1. The maximum absolute atomic E-state index is 11.4. The third kappa shape index (κ3) is 3.56. The lowest BCUT2D eigenvalue weighted by atomic mass is 9.90. The van der Waals surface area contributed by atoms with E-state index in [-0.39, 0.29) is 5.92 Å². The van der Waals surface area contributed by atoms with E-state index in [1.54, 1.807) is 0 Å². The van der Waals surface area contributed by atoms with Crippen molar-refractivity contribution in [1.29, 1.82) is 0 Å². The highest BCUT2D eigenvalue weighted by Crippen LogP contribution is 2.37. The van der Waals surface area contributed by atoms with Gasteiger partial charge in [0, 0.05) is 11.1 Å². The molecule has 116 valence electrons. The number of hydrogen-bond acceptors (Lipinski definition) is 2. The van der Waals surface area contributed by atoms with Crippen LogP contribution in [0.3, 0.4) is 0 Å². The van der Waals surface area contributed by atoms with Gasteiger partial charge in [-0.15, -0.1) is 0 Å². The van der Waals surface area contributed by atoms with Crippen molar-refractivity contribution in [2.24, 2.45) is 0 Å². The fourth-order valence-electron chi connectivity index (χ4n) is 2.68. The van der Waals surface area contributed by atoms with E-state index in [1.165, 1.54) is 0 Å². The Hall–Kier alpha value is -2.09. The van der Waals surface area contributed by atoms with Gasteiger partial charge in [-0.05, 0) is 23.0 Å². The zero-order valence-corrected chi connectivity index (χ0v) is 13.8. The van der Waals surface area contributed by atoms with E-state index in [9.17, 15) is 4.79 Å². The molecule has 0 radical (unpaired) electrons. The summed E-state index contributed by atoms with van der Waals surface area (Å²) in [7, 11) is 0. The first kappa shape index (κ1) is 16.3. The van der Waals surface area contributed by atoms with Gasteiger partial charge in [0.1, 0.15) is 18.6 Å². The average molecular weight is 296 g/mol. The van der Waals surface area contributed by atoms with Crippen LogP contribution in [-0.4, -0.2) is 6.29 Å². The first-order chi connectivity index (χ1) is 10.5. The molecule has 0 spiro atoms. The lowest BCUT2D eigenvalue weighted by molar-refractivity contribution is 0.112. The molecule has 0 fully saturated rings. The second-order valence-electron chi connectivity index (χ2n) is 6.19. The molecule has 0 N–H and O–H groups in total. The summed E-state index contributed by atoms with van der Waals surface area (Å²) in [6, 6.07) is 14.0. The monoisotopic (exact) mass is 296 g/mol. The van der Waals surface area contributed by atoms with Gasteiger partial charge in [0.25, 0.3) is 0 Å². The van der Waals surface area contributed by atoms with Crippen molar-refractivity contribution in [3.63, 3.8) is 0 Å². The van der Waals surface area contributed by atoms with Gasteiger partial charge in [-0.3, -0.25) is 4.79 Å². The molecule has 2 aromatic rings. The molecule has 0 aliphatic rings. The van der Waals surface area contributed by atoms with Crippen LogP contribution in [0, 0.1) is 0 Å². The second kappa shape index (κ2) is 7.26. The van der Waals surface area contributed by atoms with Gasteiger partial charge in [-0.1, -0.05) is 70.2 Å². The van der Waals surface area contributed by atoms with Crippen LogP contribution in [0.2, 0.25) is 0 Å². The Bertz CT molecular complexity index is 628. The van der Waals surface area contributed by atoms with Crippen LogP contribution < -0.4 is 4.74 Å². The van der Waals surface area contributed by atoms with Crippen molar-refractivity contribution in [3.05, 3.63) is 64.7 Å². The fourth-order valence-corrected chi connectivity index (χ4v) is 2.68. The highest BCUT2D eigenvalue weighted by Gasteiger charge is 2.19. The predicted octanol–water partition coefficient (Wildman–Crippen LogP) is 5.32. The summed E-state index contributed by atoms with van der Waals surface area (Å²) in [5.41, 5.74) is 4.02. The van der Waals surface area contributed by atoms with Gasteiger partial charge in [0.05, 0.1) is 0 Å². The number of aldehydes is 1. The third-order valence-electron chi connectivity index (χ3n) is 3.81. The van der Waals surface area contributed by atoms with E-state index in [4.69, 9.17) is 4.74 Å². The molecule has 0 saturated carbocycles. The minimum Gasteiger partial charge on any atom is -0.488 e. The zero-order chi connectivity index (χ0) is 16.1. The molecule has 0 atom stereocenters. The van der Waals surface area contributed by atoms with Gasteiger partial charge in [-0.2, -0.15) is 0 Å². The van der Waals surface area contributed by atoms with Crippen molar-refractivity contribution < 1.29 is 9.53 Å². The van der Waals surface area contributed by atoms with Crippen molar-refractivity contribution in [1.82, 2.24) is 0 Å². The summed E-state index contributed by atoms with van der Waals surface area (Å²) in [4.78, 5) is 11.4. The molecule has 0 aromatic heterocycles. The molecule has 0 amide bonds. The summed E-state index contributed by atoms with van der Waals surface area (Å²) in [6.45, 7) is 9.01. The summed E-state index contributed by atoms with van der Waals surface area (Å²) >= 11 is 0. The Balaban J connectivity index is 2.43. The standard InChI is InChI=1S/C20H24O2/c1-14(2)18-11-10-17(12-21)19(15(3)4)20(18)22-13-16-8-6-5-7-9-16/h5-12,14-15H,13H2,1-4H3. The van der Waals surface area contributed by atoms with E-state index in [0.717, 1.165) is 34.3 Å². The molecular formula is C20H24O2. The van der Waals surface area contributed by atoms with E-state index in [1.807, 2.05) is 42.5 Å². The summed E-state index contributed by atoms with van der Waals surface area (Å²) in [5.74, 6) is 1.46. The molecule has 2 heteroatoms. The van der Waals surface area contributed by atoms with Crippen LogP contribution in [0.5, 0.6) is 5.75 Å². The predicted molar refractivity (Wildman–Crippen MR) is 90.8 cm³/mol. The maximum atomic E-state index is 11.4. The van der Waals surface area contributed by atoms with Crippen molar-refractivity contribution in [2.45, 2.75) is 46.1 Å². The van der Waals surface area contributed by atoms with Crippen LogP contribution in [0.25, 0.3) is 0 Å². The molecule has 22 heavy (non-hydrogen) atoms. The summed E-state index contributed by atoms with van der Waals surface area (Å²) in [6.07, 6.45) is 0.925. The largest absolute Gasteiger partial charge is 0.488 e. The minimum absolute atomic E-state index is 0.240. The van der Waals surface area contributed by atoms with Gasteiger partial charge in [-0.25, -0.2) is 0 Å². The number of hydrogen-bond donors (Lipinski definition) is 0. The molecule has 0 unspecified atom stereocenters. The van der Waals surface area contributed by atoms with E-state index >= 15 is 0 Å². The molecule has 2 nitrogen and oxygen atoms in total. The Morgan fingerprint density at radius 2 is 1.64 bits per heavy atom. The van der Waals surface area contributed by atoms with E-state index in [2.05, 4.69) is 27.7 Å². The molecule has 0 saturated heterocycles. The van der Waals surface area contributed by atoms with Crippen LogP contribution in [-0.2, 0) is 6.61 Å². The highest BCUT2D eigenvalue weighted by atomic mass is 16.5. The van der Waals surface area contributed by atoms with Gasteiger partial charge in [0.2, 0.25) is 0 Å². The Kier molecular flexibility index (Phi) is 5.37. The molecule has 0 aliphatic heterocycles. The van der Waals surface area contributed by atoms with Crippen molar-refractivity contribution in [3.8, 4) is 5.75 Å². The molecule has 0 heterocycles. The Morgan fingerprint density at radius 1 is 0.955 bits per heavy atom. The van der Waals surface area contributed by atoms with Crippen molar-refractivity contribution in [2.75, 3.05) is 0 Å². The van der Waals surface area contributed by atoms with Gasteiger partial charge in [0.15, 0.2) is 0 Å². The normalized spacial score (nSPS) is 11.0. The van der Waals surface area contributed by atoms with Crippen LogP contribution >= 0.6 is 0 Å². The quantitative estimate of drug-likeness (QED) is 0.674. The third-order valence-corrected chi connectivity index (χ3v) is 3.81. The average Bonchev–Trinajstić information content (AvgIpc) is 2.52. The van der Waals surface area contributed by atoms with E-state index < -0.39 is 0 Å². The smallest absolute Gasteiger partial charge is 0.150 e. The first-order valence-electron chi connectivity index (χ1n) is 7.83. The lowest BCUT2D eigenvalue weighted by Gasteiger charge is -2.21. The SMILES string of the molecule is CC(C)c1ccc(C=O)c(C(C)C)c1OCc1ccccc1. The van der Waals surface area contributed by atoms with Crippen LogP contribution in [0.4, 0.5) is 0 Å². The number of benzene rings is 2. The molecule has 0 bridgehead atoms. The second-order valence-corrected chi connectivity index (χ2v) is 6.19. The lowest BCUT2D eigenvalue weighted by Crippen LogP contribution is -2.07. The number of ether oxygens (including phenoxy) is 1. The molecule has 2 rings (SSSR count). The first-order valence-corrected chi connectivity index (χ1v) is 7.83. The zero-order valence-electron chi connectivity index (χ0n) is 13.8. The van der Waals surface area contributed by atoms with Gasteiger partial charge >= 0.3 is 0 Å². The maximum Gasteiger partial charge on any atom is 0.150 e. The number of rotatable bonds is 6. The highest BCUT2D eigenvalue weighted by molar-refractivity contribution is 5.80. The molecule has 0 aliphatic carbocycles. The summed E-state index contributed by atoms with van der Waals surface area (Å²) in [5, 5.41) is 0. The van der Waals surface area contributed by atoms with Crippen LogP contribution in [0.1, 0.15) is 66.6 Å². The topological polar surface area (TPSA) is 26.3 Å². The fraction of sp³-hybridized carbons (Fsp3) is 0.350.